The van der Waals surface area contributed by atoms with Crippen LogP contribution in [0, 0.1) is 0 Å². The number of ether oxygens (including phenoxy) is 1. The van der Waals surface area contributed by atoms with Crippen LogP contribution in [0.2, 0.25) is 0 Å². The molecule has 0 spiro atoms. The van der Waals surface area contributed by atoms with E-state index in [1.165, 1.54) is 6.08 Å². The highest BCUT2D eigenvalue weighted by Gasteiger charge is 2.33. The summed E-state index contributed by atoms with van der Waals surface area (Å²) in [6.07, 6.45) is 8.28. The van der Waals surface area contributed by atoms with Gasteiger partial charge in [-0.2, -0.15) is 0 Å². The van der Waals surface area contributed by atoms with Crippen LogP contribution in [-0.4, -0.2) is 36.7 Å². The summed E-state index contributed by atoms with van der Waals surface area (Å²) >= 11 is 0. The Balaban J connectivity index is 1.48. The van der Waals surface area contributed by atoms with Crippen LogP contribution in [0.5, 0.6) is 5.88 Å². The fourth-order valence-corrected chi connectivity index (χ4v) is 4.28. The summed E-state index contributed by atoms with van der Waals surface area (Å²) in [7, 11) is 0. The minimum absolute atomic E-state index is 0.0978. The number of anilines is 1. The van der Waals surface area contributed by atoms with Gasteiger partial charge in [-0.05, 0) is 30.5 Å². The predicted molar refractivity (Wildman–Crippen MR) is 125 cm³/mol. The Kier molecular flexibility index (Phi) is 5.48. The van der Waals surface area contributed by atoms with E-state index in [1.54, 1.807) is 17.3 Å². The maximum Gasteiger partial charge on any atom is 0.246 e. The lowest BCUT2D eigenvalue weighted by Crippen LogP contribution is -2.29. The quantitative estimate of drug-likeness (QED) is 0.458. The van der Waals surface area contributed by atoms with Crippen molar-refractivity contribution in [2.24, 2.45) is 0 Å². The number of imidazole rings is 1. The number of pyridine rings is 1. The minimum Gasteiger partial charge on any atom is -0.473 e. The molecule has 4 aromatic rings. The number of hydrogen-bond acceptors (Lipinski definition) is 6. The Bertz CT molecular complexity index is 1300. The number of aromatic nitrogens is 4. The third-order valence-corrected chi connectivity index (χ3v) is 5.86. The topological polar surface area (TPSA) is 98.6 Å². The zero-order valence-electron chi connectivity index (χ0n) is 18.1. The van der Waals surface area contributed by atoms with E-state index in [0.29, 0.717) is 36.1 Å². The maximum absolute atomic E-state index is 12.4. The van der Waals surface area contributed by atoms with E-state index in [4.69, 9.17) is 15.5 Å². The molecule has 0 aliphatic carbocycles. The average molecular weight is 441 g/mol. The van der Waals surface area contributed by atoms with Crippen molar-refractivity contribution < 1.29 is 9.53 Å². The van der Waals surface area contributed by atoms with Gasteiger partial charge in [0.2, 0.25) is 11.8 Å². The summed E-state index contributed by atoms with van der Waals surface area (Å²) in [4.78, 5) is 27.8. The number of nitrogen functional groups attached to an aromatic ring is 1. The zero-order chi connectivity index (χ0) is 22.8. The van der Waals surface area contributed by atoms with Crippen molar-refractivity contribution in [2.45, 2.75) is 25.5 Å². The van der Waals surface area contributed by atoms with E-state index < -0.39 is 0 Å². The molecule has 2 N–H and O–H groups in total. The fraction of sp³-hybridized carbons (Fsp3) is 0.200. The smallest absolute Gasteiger partial charge is 0.246 e. The SMILES string of the molecule is C=CC(=O)N1CCC[C@H]1c1nc(-c2ccc(OCc3ccccc3)nc2)c2c(N)nccn12. The van der Waals surface area contributed by atoms with E-state index in [1.807, 2.05) is 53.1 Å². The van der Waals surface area contributed by atoms with Crippen molar-refractivity contribution in [1.82, 2.24) is 24.3 Å². The number of rotatable bonds is 6. The number of carbonyl (C=O) groups excluding carboxylic acids is 1. The summed E-state index contributed by atoms with van der Waals surface area (Å²) in [6, 6.07) is 13.5. The average Bonchev–Trinajstić information content (AvgIpc) is 3.49. The predicted octanol–water partition coefficient (Wildman–Crippen LogP) is 3.80. The Labute approximate surface area is 191 Å². The second-order valence-electron chi connectivity index (χ2n) is 7.90. The van der Waals surface area contributed by atoms with Gasteiger partial charge in [0.1, 0.15) is 29.5 Å². The van der Waals surface area contributed by atoms with E-state index in [2.05, 4.69) is 16.5 Å². The van der Waals surface area contributed by atoms with Crippen molar-refractivity contribution in [3.8, 4) is 17.1 Å². The molecule has 8 nitrogen and oxygen atoms in total. The van der Waals surface area contributed by atoms with Crippen LogP contribution in [0.15, 0.2) is 73.7 Å². The normalized spacial score (nSPS) is 15.6. The van der Waals surface area contributed by atoms with Gasteiger partial charge >= 0.3 is 0 Å². The largest absolute Gasteiger partial charge is 0.473 e. The Hall–Kier alpha value is -4.20. The van der Waals surface area contributed by atoms with Crippen LogP contribution in [0.25, 0.3) is 16.8 Å². The molecular formula is C25H24N6O2. The highest BCUT2D eigenvalue weighted by atomic mass is 16.5. The number of nitrogens with two attached hydrogens (primary N) is 1. The zero-order valence-corrected chi connectivity index (χ0v) is 18.1. The van der Waals surface area contributed by atoms with E-state index in [-0.39, 0.29) is 11.9 Å². The number of amides is 1. The van der Waals surface area contributed by atoms with Gasteiger partial charge in [0, 0.05) is 36.8 Å². The van der Waals surface area contributed by atoms with Crippen molar-refractivity contribution in [2.75, 3.05) is 12.3 Å². The Morgan fingerprint density at radius 2 is 2.06 bits per heavy atom. The molecule has 1 aliphatic heterocycles. The fourth-order valence-electron chi connectivity index (χ4n) is 4.28. The number of fused-ring (bicyclic) bond motifs is 1. The van der Waals surface area contributed by atoms with Crippen LogP contribution in [-0.2, 0) is 11.4 Å². The first-order valence-corrected chi connectivity index (χ1v) is 10.8. The standard InChI is InChI=1S/C25H24N6O2/c1-2-21(32)30-13-6-9-19(30)25-29-22(23-24(26)27-12-14-31(23)25)18-10-11-20(28-15-18)33-16-17-7-4-3-5-8-17/h2-5,7-8,10-12,14-15,19H,1,6,9,13,16H2,(H2,26,27)/t19-/m0/s1. The molecule has 1 amide bonds. The first-order chi connectivity index (χ1) is 16.2. The third-order valence-electron chi connectivity index (χ3n) is 5.86. The van der Waals surface area contributed by atoms with Crippen LogP contribution in [0.1, 0.15) is 30.3 Å². The molecule has 1 saturated heterocycles. The second-order valence-corrected chi connectivity index (χ2v) is 7.90. The first kappa shape index (κ1) is 20.7. The minimum atomic E-state index is -0.153. The number of nitrogens with zero attached hydrogens (tertiary/aromatic N) is 5. The lowest BCUT2D eigenvalue weighted by Gasteiger charge is -2.22. The van der Waals surface area contributed by atoms with Crippen molar-refractivity contribution in [3.63, 3.8) is 0 Å². The number of likely N-dealkylation sites (tertiary alicyclic amines) is 1. The van der Waals surface area contributed by atoms with Gasteiger partial charge < -0.3 is 15.4 Å². The van der Waals surface area contributed by atoms with Gasteiger partial charge in [0.25, 0.3) is 0 Å². The molecule has 1 aromatic carbocycles. The van der Waals surface area contributed by atoms with Crippen molar-refractivity contribution >= 4 is 17.2 Å². The maximum atomic E-state index is 12.4. The molecule has 33 heavy (non-hydrogen) atoms. The van der Waals surface area contributed by atoms with Crippen LogP contribution in [0.3, 0.4) is 0 Å². The van der Waals surface area contributed by atoms with Crippen molar-refractivity contribution in [3.05, 3.63) is 85.1 Å². The van der Waals surface area contributed by atoms with E-state index in [0.717, 1.165) is 29.8 Å². The molecule has 0 unspecified atom stereocenters. The van der Waals surface area contributed by atoms with E-state index >= 15 is 0 Å². The molecular weight excluding hydrogens is 416 g/mol. The molecule has 5 rings (SSSR count). The highest BCUT2D eigenvalue weighted by molar-refractivity contribution is 5.88. The molecule has 1 aliphatic rings. The lowest BCUT2D eigenvalue weighted by atomic mass is 10.2. The van der Waals surface area contributed by atoms with Crippen LogP contribution < -0.4 is 10.5 Å². The summed E-state index contributed by atoms with van der Waals surface area (Å²) in [5.41, 5.74) is 9.50. The van der Waals surface area contributed by atoms with Gasteiger partial charge in [-0.1, -0.05) is 36.9 Å². The highest BCUT2D eigenvalue weighted by Crippen LogP contribution is 2.36. The van der Waals surface area contributed by atoms with E-state index in [9.17, 15) is 4.79 Å². The molecule has 0 radical (unpaired) electrons. The van der Waals surface area contributed by atoms with Crippen molar-refractivity contribution in [1.29, 1.82) is 0 Å². The monoisotopic (exact) mass is 440 g/mol. The number of benzene rings is 1. The summed E-state index contributed by atoms with van der Waals surface area (Å²) in [6.45, 7) is 4.75. The number of carbonyl (C=O) groups is 1. The Morgan fingerprint density at radius 3 is 2.82 bits per heavy atom. The Morgan fingerprint density at radius 1 is 1.21 bits per heavy atom. The first-order valence-electron chi connectivity index (χ1n) is 10.8. The summed E-state index contributed by atoms with van der Waals surface area (Å²) < 4.78 is 7.73. The lowest BCUT2D eigenvalue weighted by molar-refractivity contribution is -0.127. The molecule has 0 bridgehead atoms. The second kappa shape index (κ2) is 8.74. The number of hydrogen-bond donors (Lipinski definition) is 1. The van der Waals surface area contributed by atoms with Crippen LogP contribution >= 0.6 is 0 Å². The molecule has 4 heterocycles. The van der Waals surface area contributed by atoms with Gasteiger partial charge in [0.15, 0.2) is 0 Å². The summed E-state index contributed by atoms with van der Waals surface area (Å²) in [5.74, 6) is 1.55. The summed E-state index contributed by atoms with van der Waals surface area (Å²) in [5, 5.41) is 0. The molecule has 166 valence electrons. The molecule has 1 fully saturated rings. The van der Waals surface area contributed by atoms with Crippen LogP contribution in [0.4, 0.5) is 5.82 Å². The van der Waals surface area contributed by atoms with Gasteiger partial charge in [-0.15, -0.1) is 0 Å². The molecule has 8 heteroatoms. The van der Waals surface area contributed by atoms with Gasteiger partial charge in [-0.25, -0.2) is 15.0 Å². The molecule has 3 aromatic heterocycles. The molecule has 0 saturated carbocycles. The van der Waals surface area contributed by atoms with Gasteiger partial charge in [-0.3, -0.25) is 9.20 Å². The third kappa shape index (κ3) is 3.91. The van der Waals surface area contributed by atoms with Gasteiger partial charge in [0.05, 0.1) is 6.04 Å². The molecule has 1 atom stereocenters.